The molecule has 0 fully saturated rings. The standard InChI is InChI=1S/C15H22O4/c1-3-4-5-6-7-8-19-12-9-14(17)13(11-16)15(10-12)18-2/h9-11,17H,3-8H2,1-2H3. The molecule has 106 valence electrons. The van der Waals surface area contributed by atoms with Crippen LogP contribution in [0.1, 0.15) is 49.4 Å². The Morgan fingerprint density at radius 3 is 2.58 bits per heavy atom. The van der Waals surface area contributed by atoms with Crippen molar-refractivity contribution < 1.29 is 19.4 Å². The van der Waals surface area contributed by atoms with E-state index in [-0.39, 0.29) is 11.3 Å². The Kier molecular flexibility index (Phi) is 6.79. The third-order valence-corrected chi connectivity index (χ3v) is 2.95. The fraction of sp³-hybridized carbons (Fsp3) is 0.533. The molecule has 0 amide bonds. The van der Waals surface area contributed by atoms with Crippen molar-refractivity contribution in [2.45, 2.75) is 39.0 Å². The zero-order valence-electron chi connectivity index (χ0n) is 11.6. The quantitative estimate of drug-likeness (QED) is 0.548. The maximum Gasteiger partial charge on any atom is 0.157 e. The number of hydrogen-bond acceptors (Lipinski definition) is 4. The van der Waals surface area contributed by atoms with Crippen LogP contribution in [-0.2, 0) is 0 Å². The molecule has 0 unspecified atom stereocenters. The SMILES string of the molecule is CCCCCCCOc1cc(O)c(C=O)c(OC)c1. The molecule has 1 N–H and O–H groups in total. The van der Waals surface area contributed by atoms with Crippen molar-refractivity contribution >= 4 is 6.29 Å². The molecule has 0 aliphatic carbocycles. The minimum atomic E-state index is -0.115. The Morgan fingerprint density at radius 1 is 1.21 bits per heavy atom. The Balaban J connectivity index is 2.50. The maximum atomic E-state index is 10.8. The molecule has 1 aromatic rings. The number of ether oxygens (including phenoxy) is 2. The molecular weight excluding hydrogens is 244 g/mol. The first-order valence-electron chi connectivity index (χ1n) is 6.71. The van der Waals surface area contributed by atoms with Gasteiger partial charge in [0.25, 0.3) is 0 Å². The summed E-state index contributed by atoms with van der Waals surface area (Å²) in [6, 6.07) is 3.06. The Hall–Kier alpha value is -1.71. The molecule has 0 spiro atoms. The zero-order valence-corrected chi connectivity index (χ0v) is 11.6. The molecule has 0 radical (unpaired) electrons. The van der Waals surface area contributed by atoms with Crippen molar-refractivity contribution in [3.63, 3.8) is 0 Å². The van der Waals surface area contributed by atoms with Gasteiger partial charge < -0.3 is 14.6 Å². The lowest BCUT2D eigenvalue weighted by Crippen LogP contribution is -1.99. The molecule has 4 heteroatoms. The number of methoxy groups -OCH3 is 1. The molecule has 0 atom stereocenters. The smallest absolute Gasteiger partial charge is 0.157 e. The van der Waals surface area contributed by atoms with E-state index in [9.17, 15) is 9.90 Å². The average molecular weight is 266 g/mol. The van der Waals surface area contributed by atoms with Crippen LogP contribution in [0.2, 0.25) is 0 Å². The number of unbranched alkanes of at least 4 members (excludes halogenated alkanes) is 4. The van der Waals surface area contributed by atoms with Gasteiger partial charge in [0.15, 0.2) is 6.29 Å². The molecule has 19 heavy (non-hydrogen) atoms. The second-order valence-electron chi connectivity index (χ2n) is 4.44. The Bertz CT molecular complexity index is 401. The lowest BCUT2D eigenvalue weighted by molar-refractivity contribution is 0.111. The molecule has 1 aromatic carbocycles. The van der Waals surface area contributed by atoms with E-state index in [2.05, 4.69) is 6.92 Å². The molecule has 0 heterocycles. The van der Waals surface area contributed by atoms with E-state index in [1.54, 1.807) is 6.07 Å². The number of carbonyl (C=O) groups excluding carboxylic acids is 1. The molecule has 0 saturated heterocycles. The van der Waals surface area contributed by atoms with Crippen LogP contribution in [0.25, 0.3) is 0 Å². The first kappa shape index (κ1) is 15.3. The molecule has 0 bridgehead atoms. The van der Waals surface area contributed by atoms with Crippen LogP contribution in [0.15, 0.2) is 12.1 Å². The maximum absolute atomic E-state index is 10.8. The molecule has 0 aliphatic rings. The van der Waals surface area contributed by atoms with Gasteiger partial charge in [-0.05, 0) is 6.42 Å². The highest BCUT2D eigenvalue weighted by Gasteiger charge is 2.10. The van der Waals surface area contributed by atoms with E-state index in [1.807, 2.05) is 0 Å². The number of rotatable bonds is 9. The zero-order chi connectivity index (χ0) is 14.1. The highest BCUT2D eigenvalue weighted by molar-refractivity contribution is 5.84. The number of phenolic OH excluding ortho intramolecular Hbond substituents is 1. The minimum absolute atomic E-state index is 0.115. The minimum Gasteiger partial charge on any atom is -0.507 e. The van der Waals surface area contributed by atoms with Crippen molar-refractivity contribution in [2.24, 2.45) is 0 Å². The Morgan fingerprint density at radius 2 is 1.95 bits per heavy atom. The van der Waals surface area contributed by atoms with E-state index in [1.165, 1.54) is 32.4 Å². The molecule has 0 saturated carbocycles. The lowest BCUT2D eigenvalue weighted by Gasteiger charge is -2.10. The van der Waals surface area contributed by atoms with Crippen molar-refractivity contribution in [3.05, 3.63) is 17.7 Å². The number of aldehydes is 1. The second-order valence-corrected chi connectivity index (χ2v) is 4.44. The Labute approximate surface area is 114 Å². The van der Waals surface area contributed by atoms with E-state index in [0.717, 1.165) is 12.8 Å². The van der Waals surface area contributed by atoms with Crippen molar-refractivity contribution in [2.75, 3.05) is 13.7 Å². The second kappa shape index (κ2) is 8.40. The van der Waals surface area contributed by atoms with Gasteiger partial charge in [0.2, 0.25) is 0 Å². The summed E-state index contributed by atoms with van der Waals surface area (Å²) < 4.78 is 10.6. The van der Waals surface area contributed by atoms with E-state index >= 15 is 0 Å². The van der Waals surface area contributed by atoms with Crippen LogP contribution < -0.4 is 9.47 Å². The van der Waals surface area contributed by atoms with Gasteiger partial charge in [0.1, 0.15) is 17.2 Å². The van der Waals surface area contributed by atoms with Crippen LogP contribution in [0.4, 0.5) is 0 Å². The summed E-state index contributed by atoms with van der Waals surface area (Å²) in [5, 5.41) is 9.68. The van der Waals surface area contributed by atoms with E-state index in [4.69, 9.17) is 9.47 Å². The first-order valence-corrected chi connectivity index (χ1v) is 6.71. The van der Waals surface area contributed by atoms with Crippen LogP contribution in [0.3, 0.4) is 0 Å². The third-order valence-electron chi connectivity index (χ3n) is 2.95. The third kappa shape index (κ3) is 4.81. The number of hydrogen-bond donors (Lipinski definition) is 1. The number of phenols is 1. The highest BCUT2D eigenvalue weighted by atomic mass is 16.5. The summed E-state index contributed by atoms with van der Waals surface area (Å²) >= 11 is 0. The van der Waals surface area contributed by atoms with Crippen molar-refractivity contribution in [1.29, 1.82) is 0 Å². The lowest BCUT2D eigenvalue weighted by atomic mass is 10.1. The fourth-order valence-corrected chi connectivity index (χ4v) is 1.85. The normalized spacial score (nSPS) is 10.2. The summed E-state index contributed by atoms with van der Waals surface area (Å²) in [4.78, 5) is 10.8. The summed E-state index contributed by atoms with van der Waals surface area (Å²) in [5.41, 5.74) is 0.151. The van der Waals surface area contributed by atoms with Crippen LogP contribution in [0, 0.1) is 0 Å². The molecule has 0 aromatic heterocycles. The summed E-state index contributed by atoms with van der Waals surface area (Å²) in [6.45, 7) is 2.78. The molecule has 4 nitrogen and oxygen atoms in total. The summed E-state index contributed by atoms with van der Waals surface area (Å²) in [6.07, 6.45) is 6.39. The van der Waals surface area contributed by atoms with Gasteiger partial charge >= 0.3 is 0 Å². The predicted octanol–water partition coefficient (Wildman–Crippen LogP) is 3.56. The number of carbonyl (C=O) groups is 1. The topological polar surface area (TPSA) is 55.8 Å². The monoisotopic (exact) mass is 266 g/mol. The summed E-state index contributed by atoms with van der Waals surface area (Å²) in [7, 11) is 1.45. The number of aromatic hydroxyl groups is 1. The van der Waals surface area contributed by atoms with Crippen LogP contribution >= 0.6 is 0 Å². The summed E-state index contributed by atoms with van der Waals surface area (Å²) in [5.74, 6) is 0.738. The van der Waals surface area contributed by atoms with Gasteiger partial charge in [0.05, 0.1) is 19.3 Å². The molecule has 0 aliphatic heterocycles. The van der Waals surface area contributed by atoms with E-state index < -0.39 is 0 Å². The predicted molar refractivity (Wildman–Crippen MR) is 74.3 cm³/mol. The number of benzene rings is 1. The average Bonchev–Trinajstić information content (AvgIpc) is 2.42. The molecule has 1 rings (SSSR count). The highest BCUT2D eigenvalue weighted by Crippen LogP contribution is 2.31. The van der Waals surface area contributed by atoms with Gasteiger partial charge in [-0.15, -0.1) is 0 Å². The van der Waals surface area contributed by atoms with Crippen LogP contribution in [-0.4, -0.2) is 25.1 Å². The first-order chi connectivity index (χ1) is 9.22. The van der Waals surface area contributed by atoms with Gasteiger partial charge in [-0.3, -0.25) is 4.79 Å². The largest absolute Gasteiger partial charge is 0.507 e. The van der Waals surface area contributed by atoms with Gasteiger partial charge in [-0.1, -0.05) is 32.6 Å². The van der Waals surface area contributed by atoms with Crippen molar-refractivity contribution in [1.82, 2.24) is 0 Å². The van der Waals surface area contributed by atoms with Crippen LogP contribution in [0.5, 0.6) is 17.2 Å². The molecular formula is C15H22O4. The van der Waals surface area contributed by atoms with E-state index in [0.29, 0.717) is 24.4 Å². The van der Waals surface area contributed by atoms with Gasteiger partial charge in [-0.25, -0.2) is 0 Å². The van der Waals surface area contributed by atoms with Gasteiger partial charge in [-0.2, -0.15) is 0 Å². The fourth-order valence-electron chi connectivity index (χ4n) is 1.85. The van der Waals surface area contributed by atoms with Gasteiger partial charge in [0, 0.05) is 12.1 Å². The van der Waals surface area contributed by atoms with Crippen molar-refractivity contribution in [3.8, 4) is 17.2 Å².